The van der Waals surface area contributed by atoms with Crippen molar-refractivity contribution in [3.63, 3.8) is 0 Å². The molecule has 1 aliphatic rings. The van der Waals surface area contributed by atoms with Gasteiger partial charge >= 0.3 is 0 Å². The van der Waals surface area contributed by atoms with Crippen LogP contribution in [0, 0.1) is 0 Å². The molecule has 0 amide bonds. The Labute approximate surface area is 175 Å². The number of hydrogen-bond donors (Lipinski definition) is 1. The molecule has 0 aliphatic carbocycles. The molecule has 0 bridgehead atoms. The lowest BCUT2D eigenvalue weighted by Crippen LogP contribution is -2.21. The first-order valence-electron chi connectivity index (χ1n) is 11.7. The Bertz CT molecular complexity index is 336. The van der Waals surface area contributed by atoms with Crippen LogP contribution in [0.15, 0.2) is 0 Å². The van der Waals surface area contributed by atoms with Crippen LogP contribution >= 0.6 is 12.6 Å². The molecule has 1 heterocycles. The number of hydrogen-bond acceptors (Lipinski definition) is 3. The summed E-state index contributed by atoms with van der Waals surface area (Å²) in [6.07, 6.45) is 17.0. The highest BCUT2D eigenvalue weighted by Gasteiger charge is 2.49. The van der Waals surface area contributed by atoms with Gasteiger partial charge in [0.15, 0.2) is 5.60 Å². The third-order valence-corrected chi connectivity index (χ3v) is 6.07. The van der Waals surface area contributed by atoms with Gasteiger partial charge in [0.1, 0.15) is 0 Å². The molecule has 3 nitrogen and oxygen atoms in total. The monoisotopic (exact) mass is 401 g/mol. The van der Waals surface area contributed by atoms with Crippen LogP contribution in [0.5, 0.6) is 0 Å². The van der Waals surface area contributed by atoms with Crippen molar-refractivity contribution in [3.8, 4) is 0 Å². The van der Waals surface area contributed by atoms with Gasteiger partial charge in [0, 0.05) is 0 Å². The minimum Gasteiger partial charge on any atom is -0.360 e. The molecule has 0 spiro atoms. The van der Waals surface area contributed by atoms with E-state index in [1.165, 1.54) is 90.3 Å². The summed E-state index contributed by atoms with van der Waals surface area (Å²) in [7, 11) is 0. The summed E-state index contributed by atoms with van der Waals surface area (Å²) in [5.41, 5.74) is -0.485. The highest BCUT2D eigenvalue weighted by Crippen LogP contribution is 2.35. The van der Waals surface area contributed by atoms with Crippen LogP contribution in [0.1, 0.15) is 111 Å². The number of epoxide rings is 1. The second-order valence-corrected chi connectivity index (χ2v) is 8.25. The van der Waals surface area contributed by atoms with Gasteiger partial charge in [-0.15, -0.1) is 12.6 Å². The van der Waals surface area contributed by atoms with E-state index in [1.807, 2.05) is 0 Å². The minimum absolute atomic E-state index is 0.0828. The van der Waals surface area contributed by atoms with Crippen LogP contribution in [-0.4, -0.2) is 41.9 Å². The van der Waals surface area contributed by atoms with Gasteiger partial charge in [-0.2, -0.15) is 0 Å². The van der Waals surface area contributed by atoms with Crippen molar-refractivity contribution in [2.75, 3.05) is 26.2 Å². The predicted molar refractivity (Wildman–Crippen MR) is 122 cm³/mol. The number of thiol groups is 1. The zero-order valence-corrected chi connectivity index (χ0v) is 19.6. The molecule has 1 fully saturated rings. The molecular weight excluding hydrogens is 354 g/mol. The van der Waals surface area contributed by atoms with Gasteiger partial charge in [0.25, 0.3) is 0 Å². The lowest BCUT2D eigenvalue weighted by molar-refractivity contribution is -0.115. The summed E-state index contributed by atoms with van der Waals surface area (Å²) in [4.78, 5) is 13.6. The summed E-state index contributed by atoms with van der Waals surface area (Å²) >= 11 is 3.89. The molecule has 0 radical (unpaired) electrons. The van der Waals surface area contributed by atoms with Crippen LogP contribution in [0.4, 0.5) is 0 Å². The van der Waals surface area contributed by atoms with Crippen molar-refractivity contribution in [2.45, 2.75) is 117 Å². The summed E-state index contributed by atoms with van der Waals surface area (Å²) in [5.74, 6) is 0. The number of ether oxygens (including phenoxy) is 1. The van der Waals surface area contributed by atoms with E-state index in [-0.39, 0.29) is 5.12 Å². The van der Waals surface area contributed by atoms with E-state index in [9.17, 15) is 4.79 Å². The Kier molecular flexibility index (Phi) is 18.0. The van der Waals surface area contributed by atoms with Crippen LogP contribution in [0.3, 0.4) is 0 Å². The molecule has 0 saturated carbocycles. The van der Waals surface area contributed by atoms with E-state index in [1.54, 1.807) is 0 Å². The molecular formula is C23H47NO2S. The van der Waals surface area contributed by atoms with Gasteiger partial charge in [0.05, 0.1) is 6.61 Å². The molecule has 27 heavy (non-hydrogen) atoms. The number of nitrogens with zero attached hydrogens (tertiary/aromatic N) is 1. The Morgan fingerprint density at radius 3 is 1.41 bits per heavy atom. The first-order valence-corrected chi connectivity index (χ1v) is 12.1. The highest BCUT2D eigenvalue weighted by molar-refractivity contribution is 7.96. The van der Waals surface area contributed by atoms with Gasteiger partial charge < -0.3 is 9.64 Å². The molecule has 162 valence electrons. The quantitative estimate of drug-likeness (QED) is 0.168. The fraction of sp³-hybridized carbons (Fsp3) is 0.957. The maximum Gasteiger partial charge on any atom is 0.220 e. The van der Waals surface area contributed by atoms with E-state index in [4.69, 9.17) is 4.74 Å². The minimum atomic E-state index is -0.485. The number of carbonyl (C=O) groups excluding carboxylic acids is 1. The van der Waals surface area contributed by atoms with E-state index in [2.05, 4.69) is 45.2 Å². The summed E-state index contributed by atoms with van der Waals surface area (Å²) in [6, 6.07) is 0. The zero-order chi connectivity index (χ0) is 20.4. The van der Waals surface area contributed by atoms with Crippen molar-refractivity contribution >= 4 is 17.7 Å². The third-order valence-electron chi connectivity index (χ3n) is 5.66. The first-order chi connectivity index (χ1) is 13.1. The molecule has 0 aromatic rings. The van der Waals surface area contributed by atoms with Crippen molar-refractivity contribution in [1.29, 1.82) is 0 Å². The van der Waals surface area contributed by atoms with Crippen LogP contribution < -0.4 is 0 Å². The average molecular weight is 402 g/mol. The van der Waals surface area contributed by atoms with E-state index < -0.39 is 5.60 Å². The first kappa shape index (κ1) is 26.9. The fourth-order valence-corrected chi connectivity index (χ4v) is 3.63. The standard InChI is InChI=1S/C17H32O2S.C6H15N/c1-2-3-4-5-6-7-8-9-10-11-12-13-14-17(15-19-17)16(18)20;1-4-7(5-2)6-3/h2-15H2,1H3,(H,18,20);4-6H2,1-3H3. The molecule has 0 aromatic heterocycles. The molecule has 1 unspecified atom stereocenters. The summed E-state index contributed by atoms with van der Waals surface area (Å²) in [5, 5.41) is -0.0828. The number of unbranched alkanes of at least 4 members (excludes halogenated alkanes) is 11. The fourth-order valence-electron chi connectivity index (χ4n) is 3.38. The molecule has 4 heteroatoms. The Morgan fingerprint density at radius 2 is 1.15 bits per heavy atom. The second-order valence-electron chi connectivity index (χ2n) is 7.85. The maximum atomic E-state index is 11.2. The van der Waals surface area contributed by atoms with Crippen molar-refractivity contribution in [2.24, 2.45) is 0 Å². The average Bonchev–Trinajstić information content (AvgIpc) is 3.46. The lowest BCUT2D eigenvalue weighted by atomic mass is 10.0. The van der Waals surface area contributed by atoms with Crippen LogP contribution in [0.25, 0.3) is 0 Å². The topological polar surface area (TPSA) is 32.8 Å². The van der Waals surface area contributed by atoms with Gasteiger partial charge in [-0.1, -0.05) is 98.3 Å². The molecule has 0 N–H and O–H groups in total. The summed E-state index contributed by atoms with van der Waals surface area (Å²) < 4.78 is 5.23. The largest absolute Gasteiger partial charge is 0.360 e. The number of rotatable bonds is 17. The van der Waals surface area contributed by atoms with Gasteiger partial charge in [-0.05, 0) is 32.5 Å². The highest BCUT2D eigenvalue weighted by atomic mass is 32.1. The van der Waals surface area contributed by atoms with Crippen molar-refractivity contribution in [1.82, 2.24) is 4.90 Å². The van der Waals surface area contributed by atoms with Crippen LogP contribution in [0.2, 0.25) is 0 Å². The maximum absolute atomic E-state index is 11.2. The predicted octanol–water partition coefficient (Wildman–Crippen LogP) is 6.65. The van der Waals surface area contributed by atoms with Gasteiger partial charge in [-0.25, -0.2) is 0 Å². The van der Waals surface area contributed by atoms with Gasteiger partial charge in [-0.3, -0.25) is 4.79 Å². The smallest absolute Gasteiger partial charge is 0.220 e. The Hall–Kier alpha value is -0.0600. The molecule has 0 aromatic carbocycles. The Balaban J connectivity index is 0.000000821. The van der Waals surface area contributed by atoms with E-state index >= 15 is 0 Å². The lowest BCUT2D eigenvalue weighted by Gasteiger charge is -2.13. The van der Waals surface area contributed by atoms with E-state index in [0.29, 0.717) is 6.61 Å². The van der Waals surface area contributed by atoms with E-state index in [0.717, 1.165) is 12.8 Å². The SMILES string of the molecule is CCCCCCCCCCCCCCC1(C(=O)S)CO1.CCN(CC)CC. The van der Waals surface area contributed by atoms with Crippen molar-refractivity contribution in [3.05, 3.63) is 0 Å². The molecule has 1 aliphatic heterocycles. The second kappa shape index (κ2) is 18.0. The molecule has 1 rings (SSSR count). The van der Waals surface area contributed by atoms with Crippen molar-refractivity contribution < 1.29 is 9.53 Å². The third kappa shape index (κ3) is 14.6. The zero-order valence-electron chi connectivity index (χ0n) is 18.7. The Morgan fingerprint density at radius 1 is 0.778 bits per heavy atom. The normalized spacial score (nSPS) is 18.3. The molecule has 1 saturated heterocycles. The summed E-state index contributed by atoms with van der Waals surface area (Å²) in [6.45, 7) is 13.0. The molecule has 1 atom stereocenters. The number of carbonyl (C=O) groups is 1. The van der Waals surface area contributed by atoms with Gasteiger partial charge in [0.2, 0.25) is 5.12 Å². The van der Waals surface area contributed by atoms with Crippen LogP contribution in [-0.2, 0) is 9.53 Å².